The number of amides is 2. The second-order valence-electron chi connectivity index (χ2n) is 6.50. The number of carboxylic acids is 1. The van der Waals surface area contributed by atoms with E-state index in [9.17, 15) is 19.5 Å². The van der Waals surface area contributed by atoms with Gasteiger partial charge in [-0.25, -0.2) is 0 Å². The molecule has 2 amide bonds. The first-order valence-electron chi connectivity index (χ1n) is 9.47. The molecule has 0 spiro atoms. The summed E-state index contributed by atoms with van der Waals surface area (Å²) in [6.07, 6.45) is 1.76. The van der Waals surface area contributed by atoms with Crippen LogP contribution in [-0.2, 0) is 9.59 Å². The quantitative estimate of drug-likeness (QED) is 0.483. The largest absolute Gasteiger partial charge is 0.545 e. The molecule has 31 heavy (non-hydrogen) atoms. The van der Waals surface area contributed by atoms with E-state index < -0.39 is 5.97 Å². The first kappa shape index (κ1) is 22.5. The fraction of sp³-hybridized carbons (Fsp3) is 0.182. The van der Waals surface area contributed by atoms with Gasteiger partial charge in [-0.05, 0) is 48.4 Å². The third-order valence-corrected chi connectivity index (χ3v) is 5.68. The van der Waals surface area contributed by atoms with Crippen molar-refractivity contribution in [1.82, 2.24) is 4.90 Å². The molecule has 2 aromatic rings. The van der Waals surface area contributed by atoms with Crippen LogP contribution in [0.1, 0.15) is 29.3 Å². The van der Waals surface area contributed by atoms with Crippen LogP contribution in [0.3, 0.4) is 0 Å². The van der Waals surface area contributed by atoms with E-state index in [2.05, 4.69) is 5.32 Å². The van der Waals surface area contributed by atoms with Crippen LogP contribution in [0.15, 0.2) is 53.4 Å². The van der Waals surface area contributed by atoms with Crippen LogP contribution >= 0.6 is 24.0 Å². The van der Waals surface area contributed by atoms with Gasteiger partial charge in [0, 0.05) is 18.7 Å². The summed E-state index contributed by atoms with van der Waals surface area (Å²) in [6.45, 7) is 2.61. The summed E-state index contributed by atoms with van der Waals surface area (Å²) in [7, 11) is 0. The first-order valence-corrected chi connectivity index (χ1v) is 10.7. The van der Waals surface area contributed by atoms with Crippen LogP contribution in [0.25, 0.3) is 6.08 Å². The number of nitrogens with one attached hydrogen (secondary N) is 1. The number of hydrogen-bond donors (Lipinski definition) is 1. The Bertz CT molecular complexity index is 1050. The summed E-state index contributed by atoms with van der Waals surface area (Å²) in [6, 6.07) is 13.1. The predicted molar refractivity (Wildman–Crippen MR) is 122 cm³/mol. The van der Waals surface area contributed by atoms with Gasteiger partial charge in [-0.1, -0.05) is 48.2 Å². The van der Waals surface area contributed by atoms with Gasteiger partial charge in [-0.2, -0.15) is 0 Å². The number of thioether (sulfide) groups is 1. The Morgan fingerprint density at radius 3 is 2.65 bits per heavy atom. The highest BCUT2D eigenvalue weighted by Gasteiger charge is 2.32. The average Bonchev–Trinajstić information content (AvgIpc) is 3.01. The minimum atomic E-state index is -1.33. The molecule has 0 aromatic heterocycles. The van der Waals surface area contributed by atoms with Gasteiger partial charge in [0.1, 0.15) is 10.1 Å². The molecular weight excluding hydrogens is 436 g/mol. The van der Waals surface area contributed by atoms with E-state index in [0.717, 1.165) is 11.3 Å². The Hall–Kier alpha value is -3.17. The van der Waals surface area contributed by atoms with Crippen LogP contribution < -0.4 is 15.2 Å². The topological polar surface area (TPSA) is 98.8 Å². The Morgan fingerprint density at radius 2 is 1.97 bits per heavy atom. The summed E-state index contributed by atoms with van der Waals surface area (Å²) in [5.74, 6) is -1.19. The van der Waals surface area contributed by atoms with Crippen LogP contribution in [0.2, 0.25) is 0 Å². The minimum Gasteiger partial charge on any atom is -0.545 e. The number of aromatic carboxylic acids is 1. The number of ether oxygens (including phenoxy) is 1. The van der Waals surface area contributed by atoms with Crippen molar-refractivity contribution in [2.75, 3.05) is 18.5 Å². The molecule has 0 bridgehead atoms. The van der Waals surface area contributed by atoms with E-state index >= 15 is 0 Å². The molecular formula is C22H19N2O5S2-. The van der Waals surface area contributed by atoms with Gasteiger partial charge in [-0.15, -0.1) is 0 Å². The molecule has 1 N–H and O–H groups in total. The summed E-state index contributed by atoms with van der Waals surface area (Å²) in [5, 5.41) is 13.5. The minimum absolute atomic E-state index is 0.0122. The highest BCUT2D eigenvalue weighted by atomic mass is 32.2. The lowest BCUT2D eigenvalue weighted by Gasteiger charge is -2.14. The average molecular weight is 456 g/mol. The number of benzene rings is 2. The maximum atomic E-state index is 12.7. The molecule has 2 aromatic carbocycles. The molecule has 1 fully saturated rings. The molecule has 160 valence electrons. The monoisotopic (exact) mass is 455 g/mol. The highest BCUT2D eigenvalue weighted by molar-refractivity contribution is 8.26. The van der Waals surface area contributed by atoms with Gasteiger partial charge in [-0.3, -0.25) is 14.5 Å². The van der Waals surface area contributed by atoms with E-state index in [-0.39, 0.29) is 30.3 Å². The Morgan fingerprint density at radius 1 is 1.23 bits per heavy atom. The molecule has 7 nitrogen and oxygen atoms in total. The first-order chi connectivity index (χ1) is 14.9. The summed E-state index contributed by atoms with van der Waals surface area (Å²) >= 11 is 6.48. The Balaban J connectivity index is 1.59. The molecule has 0 aliphatic carbocycles. The number of carboxylic acid groups (broad SMARTS) is 1. The molecule has 1 aliphatic rings. The van der Waals surface area contributed by atoms with Gasteiger partial charge in [0.2, 0.25) is 5.91 Å². The van der Waals surface area contributed by atoms with Crippen molar-refractivity contribution in [3.05, 3.63) is 64.6 Å². The van der Waals surface area contributed by atoms with Gasteiger partial charge >= 0.3 is 0 Å². The molecule has 0 radical (unpaired) electrons. The molecule has 3 rings (SSSR count). The van der Waals surface area contributed by atoms with Gasteiger partial charge in [0.25, 0.3) is 5.91 Å². The van der Waals surface area contributed by atoms with Crippen molar-refractivity contribution < 1.29 is 24.2 Å². The number of thiocarbonyl (C=S) groups is 1. The maximum Gasteiger partial charge on any atom is 0.266 e. The SMILES string of the molecule is CCOc1ccc(C=C2SC(=S)N(CCC(=O)Nc3cccc(C(=O)[O-])c3)C2=O)cc1. The van der Waals surface area contributed by atoms with Crippen molar-refractivity contribution in [1.29, 1.82) is 0 Å². The van der Waals surface area contributed by atoms with Crippen molar-refractivity contribution in [2.24, 2.45) is 0 Å². The smallest absolute Gasteiger partial charge is 0.266 e. The van der Waals surface area contributed by atoms with Crippen LogP contribution in [-0.4, -0.2) is 40.2 Å². The lowest BCUT2D eigenvalue weighted by molar-refractivity contribution is -0.255. The predicted octanol–water partition coefficient (Wildman–Crippen LogP) is 2.68. The van der Waals surface area contributed by atoms with Crippen LogP contribution in [0, 0.1) is 0 Å². The van der Waals surface area contributed by atoms with Gasteiger partial charge in [0.15, 0.2) is 0 Å². The standard InChI is InChI=1S/C22H20N2O5S2/c1-2-29-17-8-6-14(7-9-17)12-18-20(26)24(22(30)31-18)11-10-19(25)23-16-5-3-4-15(13-16)21(27)28/h3-9,12-13H,2,10-11H2,1H3,(H,23,25)(H,27,28)/p-1. The fourth-order valence-corrected chi connectivity index (χ4v) is 4.14. The normalized spacial score (nSPS) is 14.7. The van der Waals surface area contributed by atoms with E-state index in [1.807, 2.05) is 31.2 Å². The second kappa shape index (κ2) is 10.2. The van der Waals surface area contributed by atoms with Crippen molar-refractivity contribution in [3.8, 4) is 5.75 Å². The van der Waals surface area contributed by atoms with E-state index in [0.29, 0.717) is 21.5 Å². The van der Waals surface area contributed by atoms with Gasteiger partial charge < -0.3 is 20.0 Å². The van der Waals surface area contributed by atoms with E-state index in [1.165, 1.54) is 34.9 Å². The maximum absolute atomic E-state index is 12.7. The highest BCUT2D eigenvalue weighted by Crippen LogP contribution is 2.32. The number of rotatable bonds is 8. The van der Waals surface area contributed by atoms with E-state index in [4.69, 9.17) is 17.0 Å². The number of anilines is 1. The molecule has 0 saturated carbocycles. The molecule has 1 heterocycles. The molecule has 0 atom stereocenters. The third kappa shape index (κ3) is 5.93. The van der Waals surface area contributed by atoms with Crippen LogP contribution in [0.5, 0.6) is 5.75 Å². The van der Waals surface area contributed by atoms with Crippen LogP contribution in [0.4, 0.5) is 5.69 Å². The summed E-state index contributed by atoms with van der Waals surface area (Å²) in [5.41, 5.74) is 1.15. The van der Waals surface area contributed by atoms with Crippen molar-refractivity contribution in [3.63, 3.8) is 0 Å². The van der Waals surface area contributed by atoms with Crippen molar-refractivity contribution >= 4 is 57.8 Å². The number of carbonyl (C=O) groups excluding carboxylic acids is 3. The van der Waals surface area contributed by atoms with Crippen molar-refractivity contribution in [2.45, 2.75) is 13.3 Å². The molecule has 0 unspecified atom stereocenters. The number of hydrogen-bond acceptors (Lipinski definition) is 7. The second-order valence-corrected chi connectivity index (χ2v) is 8.18. The zero-order valence-electron chi connectivity index (χ0n) is 16.6. The number of carbonyl (C=O) groups is 3. The fourth-order valence-electron chi connectivity index (χ4n) is 2.83. The number of nitrogens with zero attached hydrogens (tertiary/aromatic N) is 1. The van der Waals surface area contributed by atoms with E-state index in [1.54, 1.807) is 12.1 Å². The van der Waals surface area contributed by atoms with Gasteiger partial charge in [0.05, 0.1) is 17.5 Å². The lowest BCUT2D eigenvalue weighted by atomic mass is 10.2. The Labute approximate surface area is 189 Å². The lowest BCUT2D eigenvalue weighted by Crippen LogP contribution is -2.31. The Kier molecular flexibility index (Phi) is 7.43. The molecule has 9 heteroatoms. The summed E-state index contributed by atoms with van der Waals surface area (Å²) in [4.78, 5) is 37.7. The zero-order chi connectivity index (χ0) is 22.4. The molecule has 1 aliphatic heterocycles. The third-order valence-electron chi connectivity index (χ3n) is 4.31. The zero-order valence-corrected chi connectivity index (χ0v) is 18.3. The summed E-state index contributed by atoms with van der Waals surface area (Å²) < 4.78 is 5.79. The molecule has 1 saturated heterocycles.